The van der Waals surface area contributed by atoms with E-state index >= 15 is 0 Å². The Labute approximate surface area is 200 Å². The van der Waals surface area contributed by atoms with Gasteiger partial charge in [0.1, 0.15) is 17.2 Å². The zero-order valence-electron chi connectivity index (χ0n) is 18.4. The summed E-state index contributed by atoms with van der Waals surface area (Å²) in [5.41, 5.74) is 1.84. The highest BCUT2D eigenvalue weighted by molar-refractivity contribution is 7.22. The van der Waals surface area contributed by atoms with Crippen molar-refractivity contribution in [1.82, 2.24) is 4.90 Å². The van der Waals surface area contributed by atoms with Crippen LogP contribution in [-0.2, 0) is 4.79 Å². The Morgan fingerprint density at radius 3 is 2.26 bits per heavy atom. The lowest BCUT2D eigenvalue weighted by Crippen LogP contribution is -2.32. The minimum atomic E-state index is -0.153. The number of fused-ring (bicyclic) bond motifs is 1. The molecule has 0 spiro atoms. The number of ether oxygens (including phenoxy) is 1. The number of amides is 1. The number of likely N-dealkylation sites (tertiary alicyclic amines) is 1. The van der Waals surface area contributed by atoms with Gasteiger partial charge in [0.15, 0.2) is 12.4 Å². The number of hydrogen-bond donors (Lipinski definition) is 2. The lowest BCUT2D eigenvalue weighted by molar-refractivity contribution is -0.132. The third-order valence-corrected chi connectivity index (χ3v) is 7.17. The first-order chi connectivity index (χ1) is 16.5. The van der Waals surface area contributed by atoms with E-state index in [1.165, 1.54) is 11.3 Å². The molecule has 0 aliphatic carbocycles. The van der Waals surface area contributed by atoms with Gasteiger partial charge in [-0.25, -0.2) is 0 Å². The van der Waals surface area contributed by atoms with Gasteiger partial charge in [0, 0.05) is 39.2 Å². The second kappa shape index (κ2) is 9.19. The molecule has 3 aromatic carbocycles. The van der Waals surface area contributed by atoms with Crippen LogP contribution >= 0.6 is 11.3 Å². The third-order valence-electron chi connectivity index (χ3n) is 5.97. The van der Waals surface area contributed by atoms with Gasteiger partial charge in [-0.15, -0.1) is 11.3 Å². The van der Waals surface area contributed by atoms with Crippen LogP contribution in [0.2, 0.25) is 0 Å². The van der Waals surface area contributed by atoms with Gasteiger partial charge in [0.25, 0.3) is 5.91 Å². The number of phenols is 2. The van der Waals surface area contributed by atoms with Crippen LogP contribution in [0, 0.1) is 0 Å². The molecule has 0 bridgehead atoms. The Morgan fingerprint density at radius 1 is 0.882 bits per heavy atom. The monoisotopic (exact) mass is 473 g/mol. The first-order valence-electron chi connectivity index (χ1n) is 11.1. The number of carbonyl (C=O) groups is 2. The maximum absolute atomic E-state index is 13.6. The number of benzene rings is 3. The summed E-state index contributed by atoms with van der Waals surface area (Å²) in [4.78, 5) is 28.4. The zero-order chi connectivity index (χ0) is 23.7. The number of nitrogens with zero attached hydrogens (tertiary/aromatic N) is 1. The summed E-state index contributed by atoms with van der Waals surface area (Å²) >= 11 is 1.42. The first kappa shape index (κ1) is 22.0. The summed E-state index contributed by atoms with van der Waals surface area (Å²) in [6.07, 6.45) is 2.07. The summed E-state index contributed by atoms with van der Waals surface area (Å²) in [7, 11) is 0. The minimum Gasteiger partial charge on any atom is -0.508 e. The van der Waals surface area contributed by atoms with E-state index in [-0.39, 0.29) is 29.8 Å². The van der Waals surface area contributed by atoms with Crippen LogP contribution in [0.4, 0.5) is 0 Å². The lowest BCUT2D eigenvalue weighted by Gasteiger charge is -2.15. The van der Waals surface area contributed by atoms with E-state index in [4.69, 9.17) is 4.74 Å². The van der Waals surface area contributed by atoms with E-state index in [1.54, 1.807) is 66.7 Å². The van der Waals surface area contributed by atoms with Gasteiger partial charge < -0.3 is 19.8 Å². The molecule has 1 aliphatic rings. The number of thiophene rings is 1. The van der Waals surface area contributed by atoms with Crippen molar-refractivity contribution in [2.24, 2.45) is 0 Å². The highest BCUT2D eigenvalue weighted by atomic mass is 32.1. The summed E-state index contributed by atoms with van der Waals surface area (Å²) in [6, 6.07) is 18.5. The highest BCUT2D eigenvalue weighted by Crippen LogP contribution is 2.41. The van der Waals surface area contributed by atoms with E-state index < -0.39 is 0 Å². The molecule has 1 saturated heterocycles. The molecule has 2 heterocycles. The largest absolute Gasteiger partial charge is 0.508 e. The Morgan fingerprint density at radius 2 is 1.56 bits per heavy atom. The maximum Gasteiger partial charge on any atom is 0.260 e. The quantitative estimate of drug-likeness (QED) is 0.375. The average Bonchev–Trinajstić information content (AvgIpc) is 3.51. The molecule has 0 atom stereocenters. The van der Waals surface area contributed by atoms with E-state index in [9.17, 15) is 19.8 Å². The zero-order valence-corrected chi connectivity index (χ0v) is 19.2. The third kappa shape index (κ3) is 4.34. The van der Waals surface area contributed by atoms with Crippen molar-refractivity contribution in [3.63, 3.8) is 0 Å². The average molecular weight is 474 g/mol. The maximum atomic E-state index is 13.6. The minimum absolute atomic E-state index is 0.0169. The molecular formula is C27H23NO5S. The molecule has 172 valence electrons. The molecule has 4 aromatic rings. The van der Waals surface area contributed by atoms with Gasteiger partial charge in [0.05, 0.1) is 0 Å². The van der Waals surface area contributed by atoms with Crippen LogP contribution in [0.5, 0.6) is 17.2 Å². The molecule has 0 radical (unpaired) electrons. The summed E-state index contributed by atoms with van der Waals surface area (Å²) < 4.78 is 6.44. The summed E-state index contributed by atoms with van der Waals surface area (Å²) in [5, 5.41) is 20.4. The van der Waals surface area contributed by atoms with Gasteiger partial charge in [-0.2, -0.15) is 0 Å². The van der Waals surface area contributed by atoms with Crippen LogP contribution in [0.15, 0.2) is 66.7 Å². The fraction of sp³-hybridized carbons (Fsp3) is 0.185. The Balaban J connectivity index is 1.43. The molecule has 7 heteroatoms. The summed E-state index contributed by atoms with van der Waals surface area (Å²) in [5.74, 6) is 0.635. The van der Waals surface area contributed by atoms with Crippen LogP contribution in [0.3, 0.4) is 0 Å². The van der Waals surface area contributed by atoms with Crippen molar-refractivity contribution < 1.29 is 24.5 Å². The molecule has 5 rings (SSSR count). The van der Waals surface area contributed by atoms with Gasteiger partial charge in [-0.1, -0.05) is 0 Å². The van der Waals surface area contributed by atoms with Crippen LogP contribution in [-0.4, -0.2) is 46.5 Å². The normalized spacial score (nSPS) is 13.4. The van der Waals surface area contributed by atoms with Crippen molar-refractivity contribution in [2.75, 3.05) is 19.7 Å². The van der Waals surface area contributed by atoms with E-state index in [1.807, 2.05) is 4.90 Å². The lowest BCUT2D eigenvalue weighted by atomic mass is 9.97. The predicted molar refractivity (Wildman–Crippen MR) is 132 cm³/mol. The molecule has 34 heavy (non-hydrogen) atoms. The number of carbonyl (C=O) groups excluding carboxylic acids is 2. The number of phenolic OH excluding ortho intramolecular Hbond substituents is 2. The molecule has 0 saturated carbocycles. The Bertz CT molecular complexity index is 1350. The number of hydrogen-bond acceptors (Lipinski definition) is 6. The van der Waals surface area contributed by atoms with Crippen molar-refractivity contribution in [2.45, 2.75) is 12.8 Å². The molecule has 1 aliphatic heterocycles. The van der Waals surface area contributed by atoms with E-state index in [0.717, 1.165) is 46.5 Å². The van der Waals surface area contributed by atoms with Crippen LogP contribution in [0.1, 0.15) is 28.8 Å². The Kier molecular flexibility index (Phi) is 5.94. The fourth-order valence-electron chi connectivity index (χ4n) is 4.18. The van der Waals surface area contributed by atoms with Crippen molar-refractivity contribution in [1.29, 1.82) is 0 Å². The summed E-state index contributed by atoms with van der Waals surface area (Å²) in [6.45, 7) is 1.55. The van der Waals surface area contributed by atoms with Gasteiger partial charge in [0.2, 0.25) is 0 Å². The molecule has 6 nitrogen and oxygen atoms in total. The smallest absolute Gasteiger partial charge is 0.260 e. The van der Waals surface area contributed by atoms with Crippen molar-refractivity contribution in [3.8, 4) is 27.7 Å². The number of rotatable bonds is 6. The molecule has 1 aromatic heterocycles. The van der Waals surface area contributed by atoms with E-state index in [0.29, 0.717) is 16.9 Å². The van der Waals surface area contributed by atoms with Crippen LogP contribution in [0.25, 0.3) is 20.5 Å². The topological polar surface area (TPSA) is 87.1 Å². The molecule has 2 N–H and O–H groups in total. The predicted octanol–water partition coefficient (Wildman–Crippen LogP) is 5.21. The van der Waals surface area contributed by atoms with Crippen LogP contribution < -0.4 is 4.74 Å². The number of ketones is 1. The fourth-order valence-corrected chi connectivity index (χ4v) is 5.41. The highest BCUT2D eigenvalue weighted by Gasteiger charge is 2.22. The van der Waals surface area contributed by atoms with E-state index in [2.05, 4.69) is 0 Å². The van der Waals surface area contributed by atoms with Gasteiger partial charge in [-0.05, 0) is 85.1 Å². The van der Waals surface area contributed by atoms with Gasteiger partial charge >= 0.3 is 0 Å². The first-order valence-corrected chi connectivity index (χ1v) is 11.9. The second-order valence-corrected chi connectivity index (χ2v) is 9.32. The number of aromatic hydroxyl groups is 2. The Hall–Kier alpha value is -3.84. The molecular weight excluding hydrogens is 450 g/mol. The van der Waals surface area contributed by atoms with Crippen molar-refractivity contribution >= 4 is 33.1 Å². The SMILES string of the molecule is O=C(c1ccc(OCC(=O)N2CCCC2)cc1)c1c(-c2ccc(O)cc2)sc2cc(O)ccc12. The molecule has 0 unspecified atom stereocenters. The molecule has 1 fully saturated rings. The van der Waals surface area contributed by atoms with Crippen molar-refractivity contribution in [3.05, 3.63) is 77.9 Å². The van der Waals surface area contributed by atoms with Gasteiger partial charge in [-0.3, -0.25) is 9.59 Å². The molecule has 1 amide bonds. The second-order valence-electron chi connectivity index (χ2n) is 8.26. The standard InChI is InChI=1S/C27H23NO5S/c29-19-7-3-18(4-8-19)27-25(22-12-9-20(30)15-23(22)34-27)26(32)17-5-10-21(11-6-17)33-16-24(31)28-13-1-2-14-28/h3-12,15,29-30H,1-2,13-14,16H2.